The molecule has 0 saturated heterocycles. The quantitative estimate of drug-likeness (QED) is 0.839. The number of aliphatic hydroxyl groups is 1. The lowest BCUT2D eigenvalue weighted by atomic mass is 9.56. The zero-order chi connectivity index (χ0) is 16.6. The molecule has 1 saturated carbocycles. The third-order valence-corrected chi connectivity index (χ3v) is 5.59. The van der Waals surface area contributed by atoms with Gasteiger partial charge in [0.05, 0.1) is 7.11 Å². The molecule has 2 bridgehead atoms. The zero-order valence-electron chi connectivity index (χ0n) is 14.2. The van der Waals surface area contributed by atoms with Gasteiger partial charge in [0.15, 0.2) is 5.78 Å². The summed E-state index contributed by atoms with van der Waals surface area (Å²) in [5.74, 6) is 0.766. The fourth-order valence-corrected chi connectivity index (χ4v) is 4.14. The number of carbonyl (C=O) groups is 1. The number of methoxy groups -OCH3 is 1. The van der Waals surface area contributed by atoms with Crippen LogP contribution in [0, 0.1) is 11.8 Å². The van der Waals surface area contributed by atoms with E-state index >= 15 is 0 Å². The van der Waals surface area contributed by atoms with Gasteiger partial charge in [0, 0.05) is 11.8 Å². The van der Waals surface area contributed by atoms with Crippen LogP contribution >= 0.6 is 0 Å². The van der Waals surface area contributed by atoms with Gasteiger partial charge >= 0.3 is 0 Å². The van der Waals surface area contributed by atoms with E-state index in [0.717, 1.165) is 31.4 Å². The average molecular weight is 314 g/mol. The van der Waals surface area contributed by atoms with Crippen LogP contribution in [0.4, 0.5) is 0 Å². The van der Waals surface area contributed by atoms with Gasteiger partial charge in [-0.3, -0.25) is 4.79 Å². The average Bonchev–Trinajstić information content (AvgIpc) is 2.57. The Balaban J connectivity index is 1.94. The lowest BCUT2D eigenvalue weighted by Crippen LogP contribution is -2.55. The van der Waals surface area contributed by atoms with Gasteiger partial charge in [-0.1, -0.05) is 37.1 Å². The molecule has 1 fully saturated rings. The normalized spacial score (nSPS) is 32.8. The number of ether oxygens (including phenoxy) is 1. The number of allylic oxidation sites excluding steroid dienone is 1. The highest BCUT2D eigenvalue weighted by molar-refractivity contribution is 5.95. The SMILES string of the molecule is CCCCC1=CC2CC(c3ccc(OC)cc3)[C@@H]1C(=O)C2(C)O. The molecule has 0 radical (unpaired) electrons. The van der Waals surface area contributed by atoms with Crippen molar-refractivity contribution in [1.29, 1.82) is 0 Å². The fraction of sp³-hybridized carbons (Fsp3) is 0.550. The van der Waals surface area contributed by atoms with Gasteiger partial charge < -0.3 is 9.84 Å². The number of carbonyl (C=O) groups excluding carboxylic acids is 1. The van der Waals surface area contributed by atoms with Crippen LogP contribution in [0.2, 0.25) is 0 Å². The molecule has 3 heteroatoms. The third kappa shape index (κ3) is 2.72. The first-order valence-corrected chi connectivity index (χ1v) is 8.60. The lowest BCUT2D eigenvalue weighted by Gasteiger charge is -2.48. The van der Waals surface area contributed by atoms with Gasteiger partial charge in [-0.05, 0) is 49.8 Å². The van der Waals surface area contributed by atoms with E-state index in [1.54, 1.807) is 14.0 Å². The van der Waals surface area contributed by atoms with Crippen LogP contribution in [0.3, 0.4) is 0 Å². The summed E-state index contributed by atoms with van der Waals surface area (Å²) in [6.07, 6.45) is 6.20. The Morgan fingerprint density at radius 1 is 1.30 bits per heavy atom. The second-order valence-electron chi connectivity index (χ2n) is 7.06. The second-order valence-corrected chi connectivity index (χ2v) is 7.06. The predicted molar refractivity (Wildman–Crippen MR) is 90.6 cm³/mol. The molecule has 1 aromatic rings. The topological polar surface area (TPSA) is 46.5 Å². The van der Waals surface area contributed by atoms with Crippen molar-refractivity contribution in [2.75, 3.05) is 7.11 Å². The minimum atomic E-state index is -1.21. The van der Waals surface area contributed by atoms with Gasteiger partial charge in [-0.15, -0.1) is 0 Å². The maximum atomic E-state index is 12.9. The van der Waals surface area contributed by atoms with E-state index < -0.39 is 5.60 Å². The molecular formula is C20H26O3. The Morgan fingerprint density at radius 2 is 2.00 bits per heavy atom. The van der Waals surface area contributed by atoms with Crippen molar-refractivity contribution in [1.82, 2.24) is 0 Å². The number of fused-ring (bicyclic) bond motifs is 2. The Bertz CT molecular complexity index is 612. The minimum absolute atomic E-state index is 0.00294. The number of hydrogen-bond donors (Lipinski definition) is 1. The smallest absolute Gasteiger partial charge is 0.172 e. The summed E-state index contributed by atoms with van der Waals surface area (Å²) in [7, 11) is 1.66. The molecule has 3 aliphatic carbocycles. The molecule has 1 aromatic carbocycles. The van der Waals surface area contributed by atoms with Crippen molar-refractivity contribution in [3.8, 4) is 5.75 Å². The summed E-state index contributed by atoms with van der Waals surface area (Å²) in [6, 6.07) is 8.03. The van der Waals surface area contributed by atoms with Crippen molar-refractivity contribution in [2.45, 2.75) is 51.0 Å². The summed E-state index contributed by atoms with van der Waals surface area (Å²) in [6.45, 7) is 3.85. The largest absolute Gasteiger partial charge is 0.497 e. The Morgan fingerprint density at radius 3 is 2.57 bits per heavy atom. The van der Waals surface area contributed by atoms with Crippen molar-refractivity contribution in [2.24, 2.45) is 11.8 Å². The third-order valence-electron chi connectivity index (χ3n) is 5.59. The molecule has 3 unspecified atom stereocenters. The van der Waals surface area contributed by atoms with Gasteiger partial charge in [-0.25, -0.2) is 0 Å². The summed E-state index contributed by atoms with van der Waals surface area (Å²) < 4.78 is 5.23. The van der Waals surface area contributed by atoms with E-state index in [-0.39, 0.29) is 23.5 Å². The van der Waals surface area contributed by atoms with Crippen LogP contribution in [0.15, 0.2) is 35.9 Å². The first-order chi connectivity index (χ1) is 11.0. The number of ketones is 1. The summed E-state index contributed by atoms with van der Waals surface area (Å²) in [5.41, 5.74) is 1.20. The Hall–Kier alpha value is -1.61. The van der Waals surface area contributed by atoms with Crippen molar-refractivity contribution >= 4 is 5.78 Å². The first kappa shape index (κ1) is 16.3. The van der Waals surface area contributed by atoms with Gasteiger partial charge in [0.25, 0.3) is 0 Å². The number of benzene rings is 1. The van der Waals surface area contributed by atoms with Crippen LogP contribution < -0.4 is 4.74 Å². The molecular weight excluding hydrogens is 288 g/mol. The maximum absolute atomic E-state index is 12.9. The molecule has 3 nitrogen and oxygen atoms in total. The molecule has 23 heavy (non-hydrogen) atoms. The fourth-order valence-electron chi connectivity index (χ4n) is 4.14. The number of hydrogen-bond acceptors (Lipinski definition) is 3. The minimum Gasteiger partial charge on any atom is -0.497 e. The predicted octanol–water partition coefficient (Wildman–Crippen LogP) is 3.87. The lowest BCUT2D eigenvalue weighted by molar-refractivity contribution is -0.150. The monoisotopic (exact) mass is 314 g/mol. The second kappa shape index (κ2) is 6.12. The molecule has 4 rings (SSSR count). The number of Topliss-reactive ketones (excluding diaryl/α,β-unsaturated/α-hetero) is 1. The Labute approximate surface area is 138 Å². The molecule has 3 aliphatic rings. The van der Waals surface area contributed by atoms with E-state index in [9.17, 15) is 9.90 Å². The van der Waals surface area contributed by atoms with Gasteiger partial charge in [-0.2, -0.15) is 0 Å². The molecule has 0 heterocycles. The summed E-state index contributed by atoms with van der Waals surface area (Å²) >= 11 is 0. The van der Waals surface area contributed by atoms with E-state index in [2.05, 4.69) is 25.1 Å². The summed E-state index contributed by atoms with van der Waals surface area (Å²) in [4.78, 5) is 12.9. The van der Waals surface area contributed by atoms with E-state index in [4.69, 9.17) is 4.74 Å². The van der Waals surface area contributed by atoms with E-state index in [0.29, 0.717) is 0 Å². The highest BCUT2D eigenvalue weighted by atomic mass is 16.5. The number of unbranched alkanes of at least 4 members (excludes halogenated alkanes) is 1. The van der Waals surface area contributed by atoms with Crippen molar-refractivity contribution in [3.63, 3.8) is 0 Å². The van der Waals surface area contributed by atoms with Crippen LogP contribution in [0.25, 0.3) is 0 Å². The van der Waals surface area contributed by atoms with Gasteiger partial charge in [0.1, 0.15) is 11.4 Å². The van der Waals surface area contributed by atoms with Crippen molar-refractivity contribution in [3.05, 3.63) is 41.5 Å². The molecule has 1 N–H and O–H groups in total. The summed E-state index contributed by atoms with van der Waals surface area (Å²) in [5, 5.41) is 10.6. The van der Waals surface area contributed by atoms with Crippen LogP contribution in [0.1, 0.15) is 51.0 Å². The molecule has 0 spiro atoms. The molecule has 0 aliphatic heterocycles. The van der Waals surface area contributed by atoms with Crippen LogP contribution in [0.5, 0.6) is 5.75 Å². The molecule has 4 atom stereocenters. The zero-order valence-corrected chi connectivity index (χ0v) is 14.2. The Kier molecular flexibility index (Phi) is 4.33. The van der Waals surface area contributed by atoms with Crippen LogP contribution in [-0.2, 0) is 4.79 Å². The molecule has 0 aromatic heterocycles. The van der Waals surface area contributed by atoms with Gasteiger partial charge in [0.2, 0.25) is 0 Å². The highest BCUT2D eigenvalue weighted by Gasteiger charge is 2.54. The van der Waals surface area contributed by atoms with Crippen molar-refractivity contribution < 1.29 is 14.6 Å². The first-order valence-electron chi connectivity index (χ1n) is 8.60. The highest BCUT2D eigenvalue weighted by Crippen LogP contribution is 2.52. The molecule has 0 amide bonds. The van der Waals surface area contributed by atoms with E-state index in [1.807, 2.05) is 12.1 Å². The van der Waals surface area contributed by atoms with Crippen LogP contribution in [-0.4, -0.2) is 23.6 Å². The van der Waals surface area contributed by atoms with E-state index in [1.165, 1.54) is 11.1 Å². The standard InChI is InChI=1S/C20H26O3/c1-4-5-6-14-11-15-12-17(18(14)19(21)20(15,2)22)13-7-9-16(23-3)10-8-13/h7-11,15,17-18,22H,4-6,12H2,1-3H3/t15?,17?,18-,20?/m1/s1. The number of rotatable bonds is 5. The maximum Gasteiger partial charge on any atom is 0.172 e. The molecule has 124 valence electrons.